The fourth-order valence-corrected chi connectivity index (χ4v) is 3.39. The van der Waals surface area contributed by atoms with E-state index in [1.165, 1.54) is 6.07 Å². The molecular weight excluding hydrogens is 371 g/mol. The Morgan fingerprint density at radius 2 is 1.73 bits per heavy atom. The summed E-state index contributed by atoms with van der Waals surface area (Å²) in [5.74, 6) is -1.49. The lowest BCUT2D eigenvalue weighted by Crippen LogP contribution is -2.47. The van der Waals surface area contributed by atoms with E-state index in [4.69, 9.17) is 11.6 Å². The minimum Gasteiger partial charge on any atom is -0.363 e. The highest BCUT2D eigenvalue weighted by molar-refractivity contribution is 6.52. The first-order valence-electron chi connectivity index (χ1n) is 8.17. The molecule has 2 aliphatic heterocycles. The molecule has 0 saturated carbocycles. The highest BCUT2D eigenvalue weighted by Gasteiger charge is 2.42. The summed E-state index contributed by atoms with van der Waals surface area (Å²) in [5.41, 5.74) is -1.02. The van der Waals surface area contributed by atoms with Crippen molar-refractivity contribution in [3.05, 3.63) is 40.6 Å². The van der Waals surface area contributed by atoms with Crippen LogP contribution in [0, 0.1) is 0 Å². The van der Waals surface area contributed by atoms with Gasteiger partial charge >= 0.3 is 6.18 Å². The first-order chi connectivity index (χ1) is 12.2. The fourth-order valence-electron chi connectivity index (χ4n) is 3.11. The highest BCUT2D eigenvalue weighted by atomic mass is 35.5. The van der Waals surface area contributed by atoms with Crippen LogP contribution in [-0.4, -0.2) is 54.3 Å². The van der Waals surface area contributed by atoms with E-state index < -0.39 is 23.6 Å². The summed E-state index contributed by atoms with van der Waals surface area (Å²) in [6.45, 7) is 5.39. The Bertz CT molecular complexity index is 771. The molecule has 2 heterocycles. The predicted molar refractivity (Wildman–Crippen MR) is 90.5 cm³/mol. The van der Waals surface area contributed by atoms with Crippen LogP contribution in [0.2, 0.25) is 0 Å². The maximum Gasteiger partial charge on any atom is 0.416 e. The second kappa shape index (κ2) is 6.92. The molecule has 3 rings (SSSR count). The van der Waals surface area contributed by atoms with Gasteiger partial charge in [-0.2, -0.15) is 13.2 Å². The van der Waals surface area contributed by atoms with Gasteiger partial charge in [-0.15, -0.1) is 0 Å². The summed E-state index contributed by atoms with van der Waals surface area (Å²) in [7, 11) is 0. The van der Waals surface area contributed by atoms with Crippen molar-refractivity contribution >= 4 is 29.1 Å². The molecule has 5 nitrogen and oxygen atoms in total. The molecule has 9 heteroatoms. The molecule has 0 aromatic heterocycles. The molecule has 0 N–H and O–H groups in total. The van der Waals surface area contributed by atoms with E-state index >= 15 is 0 Å². The Balaban J connectivity index is 1.87. The summed E-state index contributed by atoms with van der Waals surface area (Å²) < 4.78 is 38.8. The van der Waals surface area contributed by atoms with Crippen molar-refractivity contribution < 1.29 is 22.8 Å². The number of piperazine rings is 1. The number of nitrogens with zero attached hydrogens (tertiary/aromatic N) is 3. The Kier molecular flexibility index (Phi) is 4.98. The number of likely N-dealkylation sites (N-methyl/N-ethyl adjacent to an activating group) is 1. The number of amides is 2. The van der Waals surface area contributed by atoms with Crippen molar-refractivity contribution in [3.8, 4) is 0 Å². The molecule has 0 radical (unpaired) electrons. The first-order valence-corrected chi connectivity index (χ1v) is 8.55. The van der Waals surface area contributed by atoms with Gasteiger partial charge in [0.2, 0.25) is 0 Å². The van der Waals surface area contributed by atoms with Crippen LogP contribution in [0.3, 0.4) is 0 Å². The summed E-state index contributed by atoms with van der Waals surface area (Å²) in [4.78, 5) is 29.8. The van der Waals surface area contributed by atoms with Crippen LogP contribution in [0.4, 0.5) is 18.9 Å². The third-order valence-electron chi connectivity index (χ3n) is 4.57. The van der Waals surface area contributed by atoms with E-state index in [0.717, 1.165) is 37.8 Å². The highest BCUT2D eigenvalue weighted by Crippen LogP contribution is 2.35. The third-order valence-corrected chi connectivity index (χ3v) is 4.91. The zero-order chi connectivity index (χ0) is 19.1. The van der Waals surface area contributed by atoms with Gasteiger partial charge < -0.3 is 9.80 Å². The zero-order valence-corrected chi connectivity index (χ0v) is 14.8. The van der Waals surface area contributed by atoms with Crippen LogP contribution in [0.1, 0.15) is 12.5 Å². The Morgan fingerprint density at radius 3 is 2.31 bits per heavy atom. The molecule has 0 unspecified atom stereocenters. The number of hydrogen-bond donors (Lipinski definition) is 0. The van der Waals surface area contributed by atoms with Crippen LogP contribution in [0.15, 0.2) is 35.0 Å². The fraction of sp³-hybridized carbons (Fsp3) is 0.412. The molecule has 2 aliphatic rings. The lowest BCUT2D eigenvalue weighted by molar-refractivity contribution is -0.137. The first kappa shape index (κ1) is 18.7. The van der Waals surface area contributed by atoms with Gasteiger partial charge in [-0.3, -0.25) is 9.59 Å². The Morgan fingerprint density at radius 1 is 1.08 bits per heavy atom. The molecule has 0 atom stereocenters. The average Bonchev–Trinajstić information content (AvgIpc) is 2.84. The number of rotatable bonds is 3. The molecule has 0 spiro atoms. The van der Waals surface area contributed by atoms with E-state index in [0.29, 0.717) is 18.0 Å². The van der Waals surface area contributed by atoms with Crippen LogP contribution in [0.25, 0.3) is 0 Å². The lowest BCUT2D eigenvalue weighted by atomic mass is 10.2. The quantitative estimate of drug-likeness (QED) is 0.748. The molecular formula is C17H17ClF3N3O2. The van der Waals surface area contributed by atoms with Crippen LogP contribution in [-0.2, 0) is 15.8 Å². The monoisotopic (exact) mass is 387 g/mol. The number of anilines is 1. The maximum atomic E-state index is 12.9. The SMILES string of the molecule is CCN1CCN(C2=C(Cl)C(=O)N(c3cccc(C(F)(F)F)c3)C2=O)CC1. The topological polar surface area (TPSA) is 43.9 Å². The van der Waals surface area contributed by atoms with E-state index in [1.807, 2.05) is 6.92 Å². The van der Waals surface area contributed by atoms with Gasteiger partial charge in [-0.1, -0.05) is 24.6 Å². The molecule has 1 fully saturated rings. The largest absolute Gasteiger partial charge is 0.416 e. The number of halogens is 4. The normalized spacial score (nSPS) is 19.7. The second-order valence-corrected chi connectivity index (χ2v) is 6.46. The maximum absolute atomic E-state index is 12.9. The molecule has 0 aliphatic carbocycles. The van der Waals surface area contributed by atoms with E-state index in [9.17, 15) is 22.8 Å². The van der Waals surface area contributed by atoms with Gasteiger partial charge in [0.1, 0.15) is 10.7 Å². The van der Waals surface area contributed by atoms with E-state index in [1.54, 1.807) is 4.90 Å². The van der Waals surface area contributed by atoms with Crippen molar-refractivity contribution in [1.82, 2.24) is 9.80 Å². The number of carbonyl (C=O) groups excluding carboxylic acids is 2. The number of alkyl halides is 3. The second-order valence-electron chi connectivity index (χ2n) is 6.08. The minimum absolute atomic E-state index is 0.0600. The van der Waals surface area contributed by atoms with Gasteiger partial charge in [-0.25, -0.2) is 4.90 Å². The number of imide groups is 1. The summed E-state index contributed by atoms with van der Waals surface area (Å²) in [6.07, 6.45) is -4.57. The molecule has 0 bridgehead atoms. The van der Waals surface area contributed by atoms with Crippen LogP contribution in [0.5, 0.6) is 0 Å². The van der Waals surface area contributed by atoms with Crippen molar-refractivity contribution in [1.29, 1.82) is 0 Å². The van der Waals surface area contributed by atoms with Crippen molar-refractivity contribution in [2.45, 2.75) is 13.1 Å². The van der Waals surface area contributed by atoms with Gasteiger partial charge in [-0.05, 0) is 24.7 Å². The molecule has 1 aromatic rings. The van der Waals surface area contributed by atoms with Gasteiger partial charge in [0.25, 0.3) is 11.8 Å². The summed E-state index contributed by atoms with van der Waals surface area (Å²) in [5, 5.41) is -0.252. The van der Waals surface area contributed by atoms with Gasteiger partial charge in [0.15, 0.2) is 0 Å². The molecule has 2 amide bonds. The molecule has 1 saturated heterocycles. The summed E-state index contributed by atoms with van der Waals surface area (Å²) in [6, 6.07) is 4.10. The van der Waals surface area contributed by atoms with Crippen molar-refractivity contribution in [2.75, 3.05) is 37.6 Å². The Hall–Kier alpha value is -2.06. The Labute approximate surface area is 153 Å². The van der Waals surface area contributed by atoms with Gasteiger partial charge in [0.05, 0.1) is 11.3 Å². The average molecular weight is 388 g/mol. The zero-order valence-electron chi connectivity index (χ0n) is 14.0. The third kappa shape index (κ3) is 3.31. The number of hydrogen-bond acceptors (Lipinski definition) is 4. The number of carbonyl (C=O) groups is 2. The van der Waals surface area contributed by atoms with Crippen LogP contribution < -0.4 is 4.90 Å². The molecule has 140 valence electrons. The standard InChI is InChI=1S/C17H17ClF3N3O2/c1-2-22-6-8-23(9-7-22)14-13(18)15(25)24(16(14)26)12-5-3-4-11(10-12)17(19,20)21/h3-5,10H,2,6-9H2,1H3. The molecule has 1 aromatic carbocycles. The minimum atomic E-state index is -4.57. The lowest BCUT2D eigenvalue weighted by Gasteiger charge is -2.35. The van der Waals surface area contributed by atoms with Gasteiger partial charge in [0, 0.05) is 26.2 Å². The van der Waals surface area contributed by atoms with E-state index in [2.05, 4.69) is 4.90 Å². The predicted octanol–water partition coefficient (Wildman–Crippen LogP) is 2.67. The van der Waals surface area contributed by atoms with Crippen molar-refractivity contribution in [3.63, 3.8) is 0 Å². The molecule has 26 heavy (non-hydrogen) atoms. The number of benzene rings is 1. The van der Waals surface area contributed by atoms with Crippen molar-refractivity contribution in [2.24, 2.45) is 0 Å². The summed E-state index contributed by atoms with van der Waals surface area (Å²) >= 11 is 6.09. The van der Waals surface area contributed by atoms with Crippen LogP contribution >= 0.6 is 11.6 Å². The van der Waals surface area contributed by atoms with E-state index in [-0.39, 0.29) is 16.4 Å². The smallest absolute Gasteiger partial charge is 0.363 e.